The standard InChI is InChI=1S/C21H28FN3O2S/c1-15(2)28(26,27)24-13-16-7-10-18(11-8-16)25-21-12-9-17(14-23-21)19-5-3-4-6-20(19)22/h3-6,9,12,14-16,18,24H,7-8,10-11,13H2,1-2H3,(H,23,25)/t16-,18-. The zero-order valence-corrected chi connectivity index (χ0v) is 17.2. The molecule has 0 radical (unpaired) electrons. The van der Waals surface area contributed by atoms with Gasteiger partial charge in [0.2, 0.25) is 10.0 Å². The summed E-state index contributed by atoms with van der Waals surface area (Å²) in [6.07, 6.45) is 5.60. The van der Waals surface area contributed by atoms with Gasteiger partial charge < -0.3 is 5.32 Å². The molecule has 1 aliphatic carbocycles. The number of hydrogen-bond acceptors (Lipinski definition) is 4. The molecule has 1 aromatic carbocycles. The fraction of sp³-hybridized carbons (Fsp3) is 0.476. The highest BCUT2D eigenvalue weighted by molar-refractivity contribution is 7.90. The van der Waals surface area contributed by atoms with Crippen molar-refractivity contribution in [3.05, 3.63) is 48.4 Å². The van der Waals surface area contributed by atoms with E-state index >= 15 is 0 Å². The number of nitrogens with zero attached hydrogens (tertiary/aromatic N) is 1. The minimum atomic E-state index is -3.19. The highest BCUT2D eigenvalue weighted by atomic mass is 32.2. The SMILES string of the molecule is CC(C)S(=O)(=O)NC[C@H]1CC[C@H](Nc2ccc(-c3ccccc3F)cn2)CC1. The minimum absolute atomic E-state index is 0.253. The van der Waals surface area contributed by atoms with Crippen molar-refractivity contribution >= 4 is 15.8 Å². The number of pyridine rings is 1. The first kappa shape index (κ1) is 20.7. The predicted octanol–water partition coefficient (Wildman–Crippen LogP) is 4.19. The number of aromatic nitrogens is 1. The molecule has 1 saturated carbocycles. The van der Waals surface area contributed by atoms with Gasteiger partial charge in [-0.05, 0) is 63.6 Å². The van der Waals surface area contributed by atoms with Crippen LogP contribution in [0.2, 0.25) is 0 Å². The average Bonchev–Trinajstić information content (AvgIpc) is 2.68. The molecule has 7 heteroatoms. The lowest BCUT2D eigenvalue weighted by Gasteiger charge is -2.29. The lowest BCUT2D eigenvalue weighted by Crippen LogP contribution is -2.37. The molecule has 3 rings (SSSR count). The molecule has 0 amide bonds. The van der Waals surface area contributed by atoms with E-state index in [9.17, 15) is 12.8 Å². The average molecular weight is 406 g/mol. The Kier molecular flexibility index (Phi) is 6.67. The molecule has 1 fully saturated rings. The number of rotatable bonds is 7. The van der Waals surface area contributed by atoms with Gasteiger partial charge in [-0.2, -0.15) is 0 Å². The summed E-state index contributed by atoms with van der Waals surface area (Å²) in [7, 11) is -3.19. The molecule has 2 aromatic rings. The molecular formula is C21H28FN3O2S. The second kappa shape index (κ2) is 9.01. The van der Waals surface area contributed by atoms with E-state index in [4.69, 9.17) is 0 Å². The molecule has 1 aromatic heterocycles. The van der Waals surface area contributed by atoms with Crippen molar-refractivity contribution in [1.82, 2.24) is 9.71 Å². The first-order valence-electron chi connectivity index (χ1n) is 9.81. The highest BCUT2D eigenvalue weighted by Gasteiger charge is 2.23. The molecule has 0 unspecified atom stereocenters. The van der Waals surface area contributed by atoms with Gasteiger partial charge in [0.25, 0.3) is 0 Å². The second-order valence-electron chi connectivity index (χ2n) is 7.72. The lowest BCUT2D eigenvalue weighted by molar-refractivity contribution is 0.336. The molecule has 1 aliphatic rings. The monoisotopic (exact) mass is 405 g/mol. The molecule has 0 saturated heterocycles. The highest BCUT2D eigenvalue weighted by Crippen LogP contribution is 2.27. The molecule has 5 nitrogen and oxygen atoms in total. The van der Waals surface area contributed by atoms with Crippen LogP contribution in [0.3, 0.4) is 0 Å². The Balaban J connectivity index is 1.49. The van der Waals surface area contributed by atoms with Crippen molar-refractivity contribution < 1.29 is 12.8 Å². The van der Waals surface area contributed by atoms with Gasteiger partial charge in [-0.25, -0.2) is 22.5 Å². The van der Waals surface area contributed by atoms with Crippen LogP contribution in [0.25, 0.3) is 11.1 Å². The first-order valence-corrected chi connectivity index (χ1v) is 11.4. The smallest absolute Gasteiger partial charge is 0.213 e. The summed E-state index contributed by atoms with van der Waals surface area (Å²) in [5.74, 6) is 0.906. The van der Waals surface area contributed by atoms with E-state index in [0.717, 1.165) is 37.1 Å². The van der Waals surface area contributed by atoms with Gasteiger partial charge in [0.1, 0.15) is 11.6 Å². The van der Waals surface area contributed by atoms with Crippen LogP contribution in [0, 0.1) is 11.7 Å². The van der Waals surface area contributed by atoms with Gasteiger partial charge in [-0.15, -0.1) is 0 Å². The summed E-state index contributed by atoms with van der Waals surface area (Å²) in [5, 5.41) is 3.04. The van der Waals surface area contributed by atoms with Gasteiger partial charge in [0, 0.05) is 29.9 Å². The molecule has 2 N–H and O–H groups in total. The Labute approximate surface area is 166 Å². The first-order chi connectivity index (χ1) is 13.3. The summed E-state index contributed by atoms with van der Waals surface area (Å²) < 4.78 is 40.4. The van der Waals surface area contributed by atoms with Crippen molar-refractivity contribution in [3.8, 4) is 11.1 Å². The molecule has 0 aliphatic heterocycles. The van der Waals surface area contributed by atoms with Gasteiger partial charge in [-0.1, -0.05) is 18.2 Å². The topological polar surface area (TPSA) is 71.1 Å². The number of nitrogens with one attached hydrogen (secondary N) is 2. The normalized spacial score (nSPS) is 20.3. The van der Waals surface area contributed by atoms with Gasteiger partial charge in [0.15, 0.2) is 0 Å². The van der Waals surface area contributed by atoms with Crippen molar-refractivity contribution in [2.24, 2.45) is 5.92 Å². The lowest BCUT2D eigenvalue weighted by atomic mass is 9.86. The van der Waals surface area contributed by atoms with Crippen molar-refractivity contribution in [2.75, 3.05) is 11.9 Å². The van der Waals surface area contributed by atoms with E-state index < -0.39 is 15.3 Å². The molecule has 0 bridgehead atoms. The van der Waals surface area contributed by atoms with Crippen LogP contribution in [0.15, 0.2) is 42.6 Å². The number of anilines is 1. The van der Waals surface area contributed by atoms with Crippen LogP contribution in [0.1, 0.15) is 39.5 Å². The van der Waals surface area contributed by atoms with Gasteiger partial charge in [0.05, 0.1) is 5.25 Å². The predicted molar refractivity (Wildman–Crippen MR) is 111 cm³/mol. The summed E-state index contributed by atoms with van der Waals surface area (Å²) in [6, 6.07) is 10.8. The van der Waals surface area contributed by atoms with E-state index in [1.165, 1.54) is 6.07 Å². The molecular weight excluding hydrogens is 377 g/mol. The number of sulfonamides is 1. The molecule has 152 valence electrons. The van der Waals surface area contributed by atoms with Crippen LogP contribution in [-0.2, 0) is 10.0 Å². The Morgan fingerprint density at radius 2 is 1.82 bits per heavy atom. The Morgan fingerprint density at radius 3 is 2.43 bits per heavy atom. The molecule has 1 heterocycles. The fourth-order valence-corrected chi connectivity index (χ4v) is 4.26. The molecule has 28 heavy (non-hydrogen) atoms. The van der Waals surface area contributed by atoms with Crippen LogP contribution in [-0.4, -0.2) is 31.2 Å². The summed E-state index contributed by atoms with van der Waals surface area (Å²) in [5.41, 5.74) is 1.30. The Hall–Kier alpha value is -1.99. The van der Waals surface area contributed by atoms with Crippen molar-refractivity contribution in [3.63, 3.8) is 0 Å². The minimum Gasteiger partial charge on any atom is -0.367 e. The van der Waals surface area contributed by atoms with Crippen molar-refractivity contribution in [2.45, 2.75) is 50.8 Å². The summed E-state index contributed by atoms with van der Waals surface area (Å²) >= 11 is 0. The fourth-order valence-electron chi connectivity index (χ4n) is 3.45. The van der Waals surface area contributed by atoms with Gasteiger partial charge in [-0.3, -0.25) is 0 Å². The zero-order valence-electron chi connectivity index (χ0n) is 16.4. The van der Waals surface area contributed by atoms with Crippen LogP contribution in [0.5, 0.6) is 0 Å². The van der Waals surface area contributed by atoms with Crippen LogP contribution >= 0.6 is 0 Å². The van der Waals surface area contributed by atoms with Crippen molar-refractivity contribution in [1.29, 1.82) is 0 Å². The van der Waals surface area contributed by atoms with E-state index in [1.807, 2.05) is 18.2 Å². The third kappa shape index (κ3) is 5.29. The quantitative estimate of drug-likeness (QED) is 0.725. The molecule has 0 spiro atoms. The number of benzene rings is 1. The van der Waals surface area contributed by atoms with E-state index in [0.29, 0.717) is 24.1 Å². The van der Waals surface area contributed by atoms with Crippen LogP contribution in [0.4, 0.5) is 10.2 Å². The maximum Gasteiger partial charge on any atom is 0.213 e. The Morgan fingerprint density at radius 1 is 1.11 bits per heavy atom. The number of halogens is 1. The second-order valence-corrected chi connectivity index (χ2v) is 10.0. The van der Waals surface area contributed by atoms with Crippen LogP contribution < -0.4 is 10.0 Å². The van der Waals surface area contributed by atoms with Gasteiger partial charge >= 0.3 is 0 Å². The zero-order chi connectivity index (χ0) is 20.1. The van der Waals surface area contributed by atoms with E-state index in [1.54, 1.807) is 32.2 Å². The maximum absolute atomic E-state index is 13.9. The van der Waals surface area contributed by atoms with E-state index in [2.05, 4.69) is 15.0 Å². The molecule has 0 atom stereocenters. The summed E-state index contributed by atoms with van der Waals surface area (Å²) in [4.78, 5) is 4.43. The Bertz CT molecular complexity index is 877. The largest absolute Gasteiger partial charge is 0.367 e. The third-order valence-corrected chi connectivity index (χ3v) is 7.15. The maximum atomic E-state index is 13.9. The summed E-state index contributed by atoms with van der Waals surface area (Å²) in [6.45, 7) is 3.89. The third-order valence-electron chi connectivity index (χ3n) is 5.34. The van der Waals surface area contributed by atoms with E-state index in [-0.39, 0.29) is 5.82 Å². The number of hydrogen-bond donors (Lipinski definition) is 2.